The Kier molecular flexibility index (Phi) is 4.41. The number of carbonyl (C=O) groups excluding carboxylic acids is 2. The van der Waals surface area contributed by atoms with Gasteiger partial charge < -0.3 is 9.40 Å². The molecule has 2 heterocycles. The highest BCUT2D eigenvalue weighted by molar-refractivity contribution is 9.10. The van der Waals surface area contributed by atoms with Crippen molar-refractivity contribution >= 4 is 50.2 Å². The number of aromatic nitrogens is 1. The maximum absolute atomic E-state index is 12.4. The van der Waals surface area contributed by atoms with Gasteiger partial charge in [-0.2, -0.15) is 0 Å². The van der Waals surface area contributed by atoms with E-state index in [0.717, 1.165) is 0 Å². The lowest BCUT2D eigenvalue weighted by Crippen LogP contribution is -2.43. The lowest BCUT2D eigenvalue weighted by molar-refractivity contribution is 0.0829. The van der Waals surface area contributed by atoms with Crippen molar-refractivity contribution in [1.29, 1.82) is 0 Å². The number of carbonyl (C=O) groups is 2. The van der Waals surface area contributed by atoms with E-state index in [9.17, 15) is 14.4 Å². The number of aromatic amines is 1. The number of furan rings is 1. The first-order valence-electron chi connectivity index (χ1n) is 6.62. The number of pyridine rings is 1. The van der Waals surface area contributed by atoms with Gasteiger partial charge in [0.15, 0.2) is 10.4 Å². The van der Waals surface area contributed by atoms with Gasteiger partial charge >= 0.3 is 5.91 Å². The molecule has 3 N–H and O–H groups in total. The van der Waals surface area contributed by atoms with Crippen molar-refractivity contribution in [3.63, 3.8) is 0 Å². The first-order chi connectivity index (χ1) is 11.5. The van der Waals surface area contributed by atoms with Crippen LogP contribution >= 0.6 is 27.5 Å². The highest BCUT2D eigenvalue weighted by atomic mass is 79.9. The van der Waals surface area contributed by atoms with Crippen molar-refractivity contribution in [2.24, 2.45) is 0 Å². The molecule has 7 nitrogen and oxygen atoms in total. The van der Waals surface area contributed by atoms with E-state index in [1.165, 1.54) is 24.4 Å². The fourth-order valence-corrected chi connectivity index (χ4v) is 2.52. The third-order valence-electron chi connectivity index (χ3n) is 3.17. The zero-order valence-corrected chi connectivity index (χ0v) is 14.2. The Morgan fingerprint density at radius 1 is 1.12 bits per heavy atom. The molecular formula is C15H9BrClN3O4. The molecule has 9 heteroatoms. The molecule has 3 rings (SSSR count). The lowest BCUT2D eigenvalue weighted by atomic mass is 10.1. The molecule has 0 aliphatic carbocycles. The van der Waals surface area contributed by atoms with E-state index in [1.807, 2.05) is 0 Å². The fraction of sp³-hybridized carbons (Fsp3) is 0. The molecule has 24 heavy (non-hydrogen) atoms. The van der Waals surface area contributed by atoms with E-state index < -0.39 is 17.2 Å². The average molecular weight is 411 g/mol. The van der Waals surface area contributed by atoms with Crippen LogP contribution in [0.4, 0.5) is 0 Å². The molecule has 0 spiro atoms. The summed E-state index contributed by atoms with van der Waals surface area (Å²) in [6.07, 6.45) is 1.27. The third-order valence-corrected chi connectivity index (χ3v) is 3.84. The number of hydrazine groups is 1. The molecule has 0 radical (unpaired) electrons. The van der Waals surface area contributed by atoms with Crippen LogP contribution in [0.2, 0.25) is 5.02 Å². The molecule has 0 fully saturated rings. The van der Waals surface area contributed by atoms with Crippen molar-refractivity contribution < 1.29 is 14.0 Å². The molecule has 3 aromatic rings. The normalized spacial score (nSPS) is 10.6. The maximum atomic E-state index is 12.4. The van der Waals surface area contributed by atoms with Gasteiger partial charge in [0.05, 0.1) is 0 Å². The molecule has 0 bridgehead atoms. The first-order valence-corrected chi connectivity index (χ1v) is 7.80. The summed E-state index contributed by atoms with van der Waals surface area (Å²) in [5, 5.41) is 0.652. The predicted octanol–water partition coefficient (Wildman–Crippen LogP) is 2.61. The summed E-state index contributed by atoms with van der Waals surface area (Å²) < 4.78 is 5.43. The maximum Gasteiger partial charge on any atom is 0.305 e. The molecule has 0 saturated heterocycles. The van der Waals surface area contributed by atoms with Crippen LogP contribution in [0, 0.1) is 0 Å². The van der Waals surface area contributed by atoms with E-state index >= 15 is 0 Å². The Hall–Kier alpha value is -2.58. The van der Waals surface area contributed by atoms with Crippen LogP contribution in [-0.4, -0.2) is 16.8 Å². The second-order valence-electron chi connectivity index (χ2n) is 4.73. The second-order valence-corrected chi connectivity index (χ2v) is 5.95. The van der Waals surface area contributed by atoms with Gasteiger partial charge in [0.2, 0.25) is 5.43 Å². The van der Waals surface area contributed by atoms with Crippen molar-refractivity contribution in [3.05, 3.63) is 67.8 Å². The molecule has 0 unspecified atom stereocenters. The first kappa shape index (κ1) is 16.3. The van der Waals surface area contributed by atoms with Gasteiger partial charge in [0.1, 0.15) is 5.56 Å². The van der Waals surface area contributed by atoms with E-state index in [0.29, 0.717) is 15.2 Å². The SMILES string of the molecule is O=C(NNC(=O)c1c[nH]c2ccc(Cl)cc2c1=O)c1ccc(Br)o1. The summed E-state index contributed by atoms with van der Waals surface area (Å²) in [7, 11) is 0. The molecule has 0 aliphatic heterocycles. The number of fused-ring (bicyclic) bond motifs is 1. The van der Waals surface area contributed by atoms with Crippen LogP contribution in [0.15, 0.2) is 50.4 Å². The molecule has 1 aromatic carbocycles. The van der Waals surface area contributed by atoms with Gasteiger partial charge in [-0.3, -0.25) is 25.2 Å². The number of amides is 2. The van der Waals surface area contributed by atoms with Gasteiger partial charge in [0, 0.05) is 22.1 Å². The minimum atomic E-state index is -0.767. The standard InChI is InChI=1S/C15H9BrClN3O4/c16-12-4-3-11(24-12)15(23)20-19-14(22)9-6-18-10-2-1-7(17)5-8(10)13(9)21/h1-6H,(H,18,21)(H,19,22)(H,20,23). The summed E-state index contributed by atoms with van der Waals surface area (Å²) in [4.78, 5) is 39.1. The number of benzene rings is 1. The molecule has 0 saturated carbocycles. The van der Waals surface area contributed by atoms with Gasteiger partial charge in [0.25, 0.3) is 5.91 Å². The van der Waals surface area contributed by atoms with E-state index in [1.54, 1.807) is 12.1 Å². The van der Waals surface area contributed by atoms with Gasteiger partial charge in [-0.05, 0) is 46.3 Å². The van der Waals surface area contributed by atoms with Crippen LogP contribution in [-0.2, 0) is 0 Å². The second kappa shape index (κ2) is 6.50. The van der Waals surface area contributed by atoms with Crippen molar-refractivity contribution in [2.75, 3.05) is 0 Å². The third kappa shape index (κ3) is 3.19. The Balaban J connectivity index is 1.80. The summed E-state index contributed by atoms with van der Waals surface area (Å²) in [5.41, 5.74) is 4.21. The number of hydrogen-bond acceptors (Lipinski definition) is 4. The molecule has 0 atom stereocenters. The Morgan fingerprint density at radius 2 is 1.88 bits per heavy atom. The minimum absolute atomic E-state index is 0.00128. The van der Waals surface area contributed by atoms with Crippen molar-refractivity contribution in [1.82, 2.24) is 15.8 Å². The molecule has 0 aliphatic rings. The monoisotopic (exact) mass is 409 g/mol. The molecule has 2 aromatic heterocycles. The quantitative estimate of drug-likeness (QED) is 0.565. The van der Waals surface area contributed by atoms with Crippen LogP contribution < -0.4 is 16.3 Å². The van der Waals surface area contributed by atoms with Crippen LogP contribution in [0.5, 0.6) is 0 Å². The zero-order valence-electron chi connectivity index (χ0n) is 11.9. The van der Waals surface area contributed by atoms with Crippen molar-refractivity contribution in [2.45, 2.75) is 0 Å². The summed E-state index contributed by atoms with van der Waals surface area (Å²) >= 11 is 8.94. The summed E-state index contributed by atoms with van der Waals surface area (Å²) in [6.45, 7) is 0. The summed E-state index contributed by atoms with van der Waals surface area (Å²) in [6, 6.07) is 7.69. The van der Waals surface area contributed by atoms with Crippen LogP contribution in [0.1, 0.15) is 20.9 Å². The minimum Gasteiger partial charge on any atom is -0.444 e. The van der Waals surface area contributed by atoms with E-state index in [-0.39, 0.29) is 16.7 Å². The number of H-pyrrole nitrogens is 1. The number of nitrogens with one attached hydrogen (secondary N) is 3. The average Bonchev–Trinajstić information content (AvgIpc) is 3.00. The van der Waals surface area contributed by atoms with Gasteiger partial charge in [-0.1, -0.05) is 11.6 Å². The smallest absolute Gasteiger partial charge is 0.305 e. The fourth-order valence-electron chi connectivity index (χ4n) is 2.04. The zero-order chi connectivity index (χ0) is 17.3. The largest absolute Gasteiger partial charge is 0.444 e. The number of halogens is 2. The molecule has 2 amide bonds. The predicted molar refractivity (Wildman–Crippen MR) is 90.9 cm³/mol. The Labute approximate surface area is 148 Å². The molecule has 122 valence electrons. The topological polar surface area (TPSA) is 104 Å². The lowest BCUT2D eigenvalue weighted by Gasteiger charge is -2.06. The highest BCUT2D eigenvalue weighted by Gasteiger charge is 2.16. The van der Waals surface area contributed by atoms with E-state index in [4.69, 9.17) is 16.0 Å². The molecular weight excluding hydrogens is 402 g/mol. The number of hydrogen-bond donors (Lipinski definition) is 3. The van der Waals surface area contributed by atoms with Gasteiger partial charge in [-0.15, -0.1) is 0 Å². The number of rotatable bonds is 2. The van der Waals surface area contributed by atoms with Crippen molar-refractivity contribution in [3.8, 4) is 0 Å². The summed E-state index contributed by atoms with van der Waals surface area (Å²) in [5.74, 6) is -1.42. The Morgan fingerprint density at radius 3 is 2.58 bits per heavy atom. The van der Waals surface area contributed by atoms with E-state index in [2.05, 4.69) is 31.8 Å². The van der Waals surface area contributed by atoms with Crippen LogP contribution in [0.25, 0.3) is 10.9 Å². The highest BCUT2D eigenvalue weighted by Crippen LogP contribution is 2.15. The Bertz CT molecular complexity index is 1010. The van der Waals surface area contributed by atoms with Crippen LogP contribution in [0.3, 0.4) is 0 Å². The van der Waals surface area contributed by atoms with Gasteiger partial charge in [-0.25, -0.2) is 0 Å².